The van der Waals surface area contributed by atoms with Gasteiger partial charge in [-0.25, -0.2) is 0 Å². The van der Waals surface area contributed by atoms with E-state index < -0.39 is 16.5 Å². The number of hydrogen-bond acceptors (Lipinski definition) is 2. The van der Waals surface area contributed by atoms with Crippen LogP contribution in [0.15, 0.2) is 0 Å². The molecule has 0 radical (unpaired) electrons. The number of nitrogens with two attached hydrogens (primary N) is 1. The van der Waals surface area contributed by atoms with Crippen molar-refractivity contribution >= 4 is 34.4 Å². The van der Waals surface area contributed by atoms with Gasteiger partial charge in [0.15, 0.2) is 0 Å². The van der Waals surface area contributed by atoms with Gasteiger partial charge in [-0.3, -0.25) is 0 Å². The molecule has 2 nitrogen and oxygen atoms in total. The first kappa shape index (κ1) is 16.4. The van der Waals surface area contributed by atoms with Crippen LogP contribution in [-0.2, 0) is 3.07 Å². The summed E-state index contributed by atoms with van der Waals surface area (Å²) < 4.78 is 6.43. The topological polar surface area (TPSA) is 35.2 Å². The molecule has 1 fully saturated rings. The Kier molecular flexibility index (Phi) is 7.49. The SMILES string of the molecule is CC[O][Sn]([Cl])([Cl])[CH2]CC1CCCCC1C(C)N. The maximum atomic E-state index is 6.30. The van der Waals surface area contributed by atoms with Crippen molar-refractivity contribution in [3.05, 3.63) is 0 Å². The van der Waals surface area contributed by atoms with Gasteiger partial charge in [0.25, 0.3) is 0 Å². The average molecular weight is 389 g/mol. The van der Waals surface area contributed by atoms with Crippen LogP contribution in [0.4, 0.5) is 0 Å². The molecule has 17 heavy (non-hydrogen) atoms. The molecule has 0 aliphatic heterocycles. The Balaban J connectivity index is 2.43. The fourth-order valence-electron chi connectivity index (χ4n) is 2.92. The fraction of sp³-hybridized carbons (Fsp3) is 1.00. The second-order valence-electron chi connectivity index (χ2n) is 5.18. The summed E-state index contributed by atoms with van der Waals surface area (Å²) in [4.78, 5) is 0. The molecule has 1 aliphatic carbocycles. The Morgan fingerprint density at radius 1 is 1.35 bits per heavy atom. The van der Waals surface area contributed by atoms with Crippen LogP contribution in [-0.4, -0.2) is 29.2 Å². The third kappa shape index (κ3) is 5.85. The molecule has 3 unspecified atom stereocenters. The van der Waals surface area contributed by atoms with E-state index in [1.54, 1.807) is 0 Å². The summed E-state index contributed by atoms with van der Waals surface area (Å²) in [6, 6.07) is 0.294. The molecule has 0 aromatic carbocycles. The predicted octanol–water partition coefficient (Wildman–Crippen LogP) is 3.98. The summed E-state index contributed by atoms with van der Waals surface area (Å²) >= 11 is -3.18. The zero-order valence-electron chi connectivity index (χ0n) is 10.9. The van der Waals surface area contributed by atoms with Gasteiger partial charge < -0.3 is 0 Å². The summed E-state index contributed by atoms with van der Waals surface area (Å²) in [5, 5.41) is 0. The Morgan fingerprint density at radius 3 is 2.59 bits per heavy atom. The van der Waals surface area contributed by atoms with Gasteiger partial charge in [-0.2, -0.15) is 0 Å². The second-order valence-corrected chi connectivity index (χ2v) is 20.6. The predicted molar refractivity (Wildman–Crippen MR) is 77.6 cm³/mol. The van der Waals surface area contributed by atoms with Crippen LogP contribution in [0.5, 0.6) is 0 Å². The van der Waals surface area contributed by atoms with E-state index in [0.29, 0.717) is 24.5 Å². The molecule has 2 N–H and O–H groups in total. The molecule has 0 amide bonds. The van der Waals surface area contributed by atoms with E-state index in [-0.39, 0.29) is 0 Å². The van der Waals surface area contributed by atoms with Crippen molar-refractivity contribution in [1.29, 1.82) is 0 Å². The molecule has 0 aromatic rings. The maximum absolute atomic E-state index is 6.30. The average Bonchev–Trinajstić information content (AvgIpc) is 2.27. The van der Waals surface area contributed by atoms with Gasteiger partial charge in [0.1, 0.15) is 0 Å². The number of halogens is 2. The number of hydrogen-bond donors (Lipinski definition) is 1. The molecule has 0 bridgehead atoms. The van der Waals surface area contributed by atoms with Gasteiger partial charge in [0, 0.05) is 0 Å². The monoisotopic (exact) mass is 389 g/mol. The van der Waals surface area contributed by atoms with Crippen LogP contribution in [0.2, 0.25) is 4.44 Å². The second kappa shape index (κ2) is 7.78. The molecule has 3 atom stereocenters. The summed E-state index contributed by atoms with van der Waals surface area (Å²) in [7, 11) is 12.6. The van der Waals surface area contributed by atoms with Crippen molar-refractivity contribution < 1.29 is 3.07 Å². The molecule has 0 saturated heterocycles. The molecular formula is C12H25Cl2NOSn. The van der Waals surface area contributed by atoms with Crippen LogP contribution in [0.25, 0.3) is 0 Å². The third-order valence-corrected chi connectivity index (χ3v) is 12.3. The van der Waals surface area contributed by atoms with Crippen molar-refractivity contribution in [1.82, 2.24) is 0 Å². The van der Waals surface area contributed by atoms with E-state index in [0.717, 1.165) is 10.9 Å². The van der Waals surface area contributed by atoms with E-state index in [9.17, 15) is 0 Å². The van der Waals surface area contributed by atoms with Gasteiger partial charge in [-0.15, -0.1) is 0 Å². The Morgan fingerprint density at radius 2 is 2.00 bits per heavy atom. The van der Waals surface area contributed by atoms with Crippen LogP contribution in [0.1, 0.15) is 46.0 Å². The Hall–Kier alpha value is 1.30. The molecule has 0 spiro atoms. The molecule has 1 aliphatic rings. The fourth-order valence-corrected chi connectivity index (χ4v) is 9.49. The third-order valence-electron chi connectivity index (χ3n) is 3.80. The van der Waals surface area contributed by atoms with E-state index in [1.165, 1.54) is 25.7 Å². The quantitative estimate of drug-likeness (QED) is 0.698. The van der Waals surface area contributed by atoms with Gasteiger partial charge >= 0.3 is 118 Å². The van der Waals surface area contributed by atoms with Gasteiger partial charge in [0.05, 0.1) is 0 Å². The van der Waals surface area contributed by atoms with Crippen molar-refractivity contribution in [2.45, 2.75) is 56.4 Å². The van der Waals surface area contributed by atoms with Crippen molar-refractivity contribution in [2.75, 3.05) is 6.61 Å². The van der Waals surface area contributed by atoms with E-state index >= 15 is 0 Å². The van der Waals surface area contributed by atoms with Gasteiger partial charge in [-0.05, 0) is 0 Å². The summed E-state index contributed by atoms with van der Waals surface area (Å²) in [5.74, 6) is 1.36. The first-order chi connectivity index (χ1) is 7.96. The van der Waals surface area contributed by atoms with E-state index in [1.807, 2.05) is 6.92 Å². The summed E-state index contributed by atoms with van der Waals surface area (Å²) in [6.07, 6.45) is 6.31. The van der Waals surface area contributed by atoms with Crippen molar-refractivity contribution in [3.8, 4) is 0 Å². The first-order valence-corrected chi connectivity index (χ1v) is 17.1. The molecular weight excluding hydrogens is 364 g/mol. The molecule has 102 valence electrons. The summed E-state index contributed by atoms with van der Waals surface area (Å²) in [5.41, 5.74) is 6.08. The van der Waals surface area contributed by atoms with Crippen molar-refractivity contribution in [2.24, 2.45) is 17.6 Å². The Labute approximate surface area is 117 Å². The van der Waals surface area contributed by atoms with E-state index in [4.69, 9.17) is 26.7 Å². The van der Waals surface area contributed by atoms with Crippen LogP contribution in [0, 0.1) is 11.8 Å². The number of rotatable bonds is 6. The van der Waals surface area contributed by atoms with Crippen LogP contribution < -0.4 is 5.73 Å². The minimum absolute atomic E-state index is 0.294. The molecule has 1 saturated carbocycles. The minimum atomic E-state index is -3.18. The van der Waals surface area contributed by atoms with Crippen LogP contribution in [0.3, 0.4) is 0 Å². The van der Waals surface area contributed by atoms with Gasteiger partial charge in [-0.1, -0.05) is 0 Å². The summed E-state index contributed by atoms with van der Waals surface area (Å²) in [6.45, 7) is 4.73. The zero-order valence-corrected chi connectivity index (χ0v) is 15.3. The standard InChI is InChI=1S/C10H20N.C2H5O.2ClH.Sn/c1-3-9-6-4-5-7-10(9)8(2)11;1-2-3;;;/h8-10H,1,3-7,11H2,2H3;2H2,1H3;2*1H;/q;-1;;;+3/p-2. The first-order valence-electron chi connectivity index (χ1n) is 6.73. The van der Waals surface area contributed by atoms with Gasteiger partial charge in [0.2, 0.25) is 0 Å². The Bertz CT molecular complexity index is 227. The van der Waals surface area contributed by atoms with Crippen molar-refractivity contribution in [3.63, 3.8) is 0 Å². The molecule has 1 rings (SSSR count). The molecule has 0 heterocycles. The van der Waals surface area contributed by atoms with Crippen LogP contribution >= 0.6 is 17.8 Å². The molecule has 5 heteroatoms. The zero-order chi connectivity index (χ0) is 12.9. The van der Waals surface area contributed by atoms with E-state index in [2.05, 4.69) is 6.92 Å². The molecule has 0 aromatic heterocycles. The normalized spacial score (nSPS) is 28.1.